The molecule has 0 unspecified atom stereocenters. The summed E-state index contributed by atoms with van der Waals surface area (Å²) in [6, 6.07) is 12.9. The molecule has 1 fully saturated rings. The molecule has 0 bridgehead atoms. The van der Waals surface area contributed by atoms with Gasteiger partial charge in [-0.3, -0.25) is 4.79 Å². The predicted molar refractivity (Wildman–Crippen MR) is 131 cm³/mol. The maximum absolute atomic E-state index is 12.7. The van der Waals surface area contributed by atoms with Gasteiger partial charge >= 0.3 is 12.2 Å². The molecule has 196 valence electrons. The molecule has 1 heterocycles. The lowest BCUT2D eigenvalue weighted by atomic mass is 10.1. The van der Waals surface area contributed by atoms with E-state index in [1.54, 1.807) is 24.3 Å². The zero-order chi connectivity index (χ0) is 26.8. The minimum absolute atomic E-state index is 0.0644. The third-order valence-corrected chi connectivity index (χ3v) is 6.59. The fourth-order valence-corrected chi connectivity index (χ4v) is 4.42. The summed E-state index contributed by atoms with van der Waals surface area (Å²) in [5, 5.41) is 3.78. The number of carbonyl (C=O) groups excluding carboxylic acids is 1. The molecule has 37 heavy (non-hydrogen) atoms. The molecule has 1 N–H and O–H groups in total. The SMILES string of the molecule is CS(=O)(=O)CC(=O)c1ccc(Cc2nc(NC3(c4ccc(Cl)cc4)CC3)nc(OCC(F)(F)F)n2)cc1. The fraction of sp³-hybridized carbons (Fsp3) is 0.333. The standard InChI is InChI=1S/C24H22ClF3N4O4S/c1-37(34,35)13-19(33)16-4-2-15(3-5-16)12-20-29-21(31-22(30-20)36-14-24(26,27)28)32-23(10-11-23)17-6-8-18(25)9-7-17/h2-9H,10-14H2,1H3,(H,29,30,31,32). The highest BCUT2D eigenvalue weighted by Gasteiger charge is 2.45. The van der Waals surface area contributed by atoms with Crippen LogP contribution in [0.25, 0.3) is 0 Å². The van der Waals surface area contributed by atoms with E-state index in [0.29, 0.717) is 10.6 Å². The van der Waals surface area contributed by atoms with Crippen molar-refractivity contribution in [3.05, 3.63) is 76.1 Å². The van der Waals surface area contributed by atoms with E-state index in [4.69, 9.17) is 16.3 Å². The first kappa shape index (κ1) is 26.8. The molecule has 8 nitrogen and oxygen atoms in total. The van der Waals surface area contributed by atoms with E-state index in [1.807, 2.05) is 12.1 Å². The molecule has 1 aliphatic carbocycles. The van der Waals surface area contributed by atoms with Gasteiger partial charge in [0.2, 0.25) is 5.95 Å². The number of halogens is 4. The van der Waals surface area contributed by atoms with Crippen LogP contribution in [0.4, 0.5) is 19.1 Å². The van der Waals surface area contributed by atoms with Gasteiger partial charge in [0.15, 0.2) is 22.2 Å². The summed E-state index contributed by atoms with van der Waals surface area (Å²) in [4.78, 5) is 24.5. The van der Waals surface area contributed by atoms with Crippen molar-refractivity contribution in [3.63, 3.8) is 0 Å². The minimum atomic E-state index is -4.57. The molecule has 0 spiro atoms. The van der Waals surface area contributed by atoms with E-state index >= 15 is 0 Å². The van der Waals surface area contributed by atoms with Crippen LogP contribution >= 0.6 is 11.6 Å². The number of benzene rings is 2. The van der Waals surface area contributed by atoms with E-state index in [2.05, 4.69) is 20.3 Å². The Morgan fingerprint density at radius 1 is 1.05 bits per heavy atom. The Morgan fingerprint density at radius 2 is 1.70 bits per heavy atom. The van der Waals surface area contributed by atoms with Crippen molar-refractivity contribution in [3.8, 4) is 6.01 Å². The molecule has 1 aromatic heterocycles. The van der Waals surface area contributed by atoms with Crippen molar-refractivity contribution in [1.29, 1.82) is 0 Å². The normalized spacial score (nSPS) is 14.7. The van der Waals surface area contributed by atoms with Crippen molar-refractivity contribution in [2.24, 2.45) is 0 Å². The summed E-state index contributed by atoms with van der Waals surface area (Å²) in [6.45, 7) is -1.56. The summed E-state index contributed by atoms with van der Waals surface area (Å²) >= 11 is 5.98. The summed E-state index contributed by atoms with van der Waals surface area (Å²) < 4.78 is 65.8. The van der Waals surface area contributed by atoms with Gasteiger partial charge in [0.25, 0.3) is 0 Å². The third kappa shape index (κ3) is 7.62. The zero-order valence-corrected chi connectivity index (χ0v) is 21.1. The number of ether oxygens (including phenoxy) is 1. The average molecular weight is 555 g/mol. The van der Waals surface area contributed by atoms with Gasteiger partial charge in [0, 0.05) is 23.3 Å². The largest absolute Gasteiger partial charge is 0.454 e. The Balaban J connectivity index is 1.56. The molecule has 2 aromatic carbocycles. The number of ketones is 1. The molecule has 0 aliphatic heterocycles. The Labute approximate surface area is 216 Å². The summed E-state index contributed by atoms with van der Waals surface area (Å²) in [6.07, 6.45) is -1.97. The number of hydrogen-bond donors (Lipinski definition) is 1. The van der Waals surface area contributed by atoms with E-state index in [-0.39, 0.29) is 23.8 Å². The van der Waals surface area contributed by atoms with Gasteiger partial charge < -0.3 is 10.1 Å². The highest BCUT2D eigenvalue weighted by atomic mass is 35.5. The molecule has 3 aromatic rings. The van der Waals surface area contributed by atoms with E-state index in [1.165, 1.54) is 12.1 Å². The predicted octanol–water partition coefficient (Wildman–Crippen LogP) is 4.39. The van der Waals surface area contributed by atoms with Crippen molar-refractivity contribution >= 4 is 33.2 Å². The van der Waals surface area contributed by atoms with Crippen LogP contribution in [-0.2, 0) is 21.8 Å². The summed E-state index contributed by atoms with van der Waals surface area (Å²) in [5.41, 5.74) is 1.33. The third-order valence-electron chi connectivity index (χ3n) is 5.56. The van der Waals surface area contributed by atoms with Gasteiger partial charge in [0.1, 0.15) is 11.6 Å². The number of rotatable bonds is 10. The van der Waals surface area contributed by atoms with Crippen LogP contribution in [0.2, 0.25) is 5.02 Å². The number of aromatic nitrogens is 3. The Hall–Kier alpha value is -3.25. The first-order valence-corrected chi connectivity index (χ1v) is 13.5. The number of nitrogens with zero attached hydrogens (tertiary/aromatic N) is 3. The number of nitrogens with one attached hydrogen (secondary N) is 1. The number of alkyl halides is 3. The van der Waals surface area contributed by atoms with Crippen LogP contribution in [0.15, 0.2) is 48.5 Å². The quantitative estimate of drug-likeness (QED) is 0.367. The average Bonchev–Trinajstić information content (AvgIpc) is 3.57. The molecule has 1 aliphatic rings. The maximum atomic E-state index is 12.7. The van der Waals surface area contributed by atoms with Crippen LogP contribution in [0.1, 0.15) is 40.2 Å². The van der Waals surface area contributed by atoms with Gasteiger partial charge in [0.05, 0.1) is 5.54 Å². The second kappa shape index (κ2) is 10.3. The van der Waals surface area contributed by atoms with Crippen LogP contribution in [0.5, 0.6) is 6.01 Å². The fourth-order valence-electron chi connectivity index (χ4n) is 3.65. The Kier molecular flexibility index (Phi) is 7.43. The smallest absolute Gasteiger partial charge is 0.422 e. The first-order valence-electron chi connectivity index (χ1n) is 11.1. The van der Waals surface area contributed by atoms with Gasteiger partial charge in [-0.2, -0.15) is 28.1 Å². The van der Waals surface area contributed by atoms with Gasteiger partial charge in [-0.15, -0.1) is 0 Å². The summed E-state index contributed by atoms with van der Waals surface area (Å²) in [7, 11) is -3.47. The zero-order valence-electron chi connectivity index (χ0n) is 19.5. The number of hydrogen-bond acceptors (Lipinski definition) is 8. The van der Waals surface area contributed by atoms with Crippen LogP contribution in [-0.4, -0.2) is 53.9 Å². The van der Waals surface area contributed by atoms with E-state index < -0.39 is 45.7 Å². The highest BCUT2D eigenvalue weighted by molar-refractivity contribution is 7.91. The van der Waals surface area contributed by atoms with E-state index in [0.717, 1.165) is 24.7 Å². The molecular weight excluding hydrogens is 533 g/mol. The number of Topliss-reactive ketones (excluding diaryl/α,β-unsaturated/α-hetero) is 1. The lowest BCUT2D eigenvalue weighted by Gasteiger charge is -2.19. The van der Waals surface area contributed by atoms with Crippen LogP contribution < -0.4 is 10.1 Å². The number of carbonyl (C=O) groups is 1. The second-order valence-electron chi connectivity index (χ2n) is 8.84. The summed E-state index contributed by atoms with van der Waals surface area (Å²) in [5.74, 6) is -0.934. The Morgan fingerprint density at radius 3 is 2.27 bits per heavy atom. The number of sulfone groups is 1. The molecule has 1 saturated carbocycles. The lowest BCUT2D eigenvalue weighted by molar-refractivity contribution is -0.154. The molecule has 0 atom stereocenters. The monoisotopic (exact) mass is 554 g/mol. The molecule has 0 amide bonds. The van der Waals surface area contributed by atoms with Gasteiger partial charge in [-0.1, -0.05) is 48.0 Å². The lowest BCUT2D eigenvalue weighted by Crippen LogP contribution is -2.23. The molecule has 4 rings (SSSR count). The maximum Gasteiger partial charge on any atom is 0.422 e. The van der Waals surface area contributed by atoms with Crippen LogP contribution in [0, 0.1) is 0 Å². The number of anilines is 1. The van der Waals surface area contributed by atoms with E-state index in [9.17, 15) is 26.4 Å². The topological polar surface area (TPSA) is 111 Å². The van der Waals surface area contributed by atoms with Crippen molar-refractivity contribution in [2.45, 2.75) is 31.0 Å². The second-order valence-corrected chi connectivity index (χ2v) is 11.4. The van der Waals surface area contributed by atoms with Crippen LogP contribution in [0.3, 0.4) is 0 Å². The Bertz CT molecular complexity index is 1390. The van der Waals surface area contributed by atoms with Crippen molar-refractivity contribution in [1.82, 2.24) is 15.0 Å². The van der Waals surface area contributed by atoms with Gasteiger partial charge in [-0.05, 0) is 36.1 Å². The molecule has 13 heteroatoms. The van der Waals surface area contributed by atoms with Gasteiger partial charge in [-0.25, -0.2) is 8.42 Å². The minimum Gasteiger partial charge on any atom is -0.454 e. The molecular formula is C24H22ClF3N4O4S. The molecule has 0 saturated heterocycles. The van der Waals surface area contributed by atoms with Crippen molar-refractivity contribution < 1.29 is 31.1 Å². The first-order chi connectivity index (χ1) is 17.3. The highest BCUT2D eigenvalue weighted by Crippen LogP contribution is 2.48. The van der Waals surface area contributed by atoms with Crippen molar-refractivity contribution in [2.75, 3.05) is 23.9 Å². The molecule has 0 radical (unpaired) electrons.